The van der Waals surface area contributed by atoms with Crippen LogP contribution >= 0.6 is 0 Å². The van der Waals surface area contributed by atoms with Crippen LogP contribution in [0.3, 0.4) is 0 Å². The molecule has 0 radical (unpaired) electrons. The maximum atomic E-state index is 11.4. The van der Waals surface area contributed by atoms with Crippen molar-refractivity contribution in [2.75, 3.05) is 6.61 Å². The molecule has 3 aliphatic rings. The van der Waals surface area contributed by atoms with Gasteiger partial charge in [0.05, 0.1) is 36.9 Å². The van der Waals surface area contributed by atoms with E-state index in [1.165, 1.54) is 6.92 Å². The third kappa shape index (κ3) is 3.71. The standard InChI is InChI=1S/C16H27NO10/c1-5-10(17-6(2)19)12(21)14(8(4-18)25-5)27-15-13(22)11(20)9-7(26-15)3-16(9,23)24/h5,7-15,18,20-24H,3-4H2,1-2H3,(H,17,19)/t5-,7?,8?,9-,10?,11?,12?,13?,14+,15-/m0/s1. The number of carbonyl (C=O) groups excluding carboxylic acids is 1. The minimum atomic E-state index is -2.14. The van der Waals surface area contributed by atoms with Gasteiger partial charge in [0.15, 0.2) is 12.1 Å². The Morgan fingerprint density at radius 2 is 1.85 bits per heavy atom. The summed E-state index contributed by atoms with van der Waals surface area (Å²) in [6.45, 7) is 2.41. The smallest absolute Gasteiger partial charge is 0.217 e. The minimum absolute atomic E-state index is 0.167. The number of rotatable bonds is 4. The molecule has 156 valence electrons. The topological polar surface area (TPSA) is 178 Å². The molecule has 0 aromatic rings. The van der Waals surface area contributed by atoms with Crippen LogP contribution in [0, 0.1) is 5.92 Å². The summed E-state index contributed by atoms with van der Waals surface area (Å²) >= 11 is 0. The van der Waals surface area contributed by atoms with Gasteiger partial charge in [-0.25, -0.2) is 0 Å². The van der Waals surface area contributed by atoms with E-state index in [1.807, 2.05) is 0 Å². The second-order valence-electron chi connectivity index (χ2n) is 7.51. The highest BCUT2D eigenvalue weighted by atomic mass is 16.7. The average Bonchev–Trinajstić information content (AvgIpc) is 2.56. The summed E-state index contributed by atoms with van der Waals surface area (Å²) < 4.78 is 16.7. The lowest BCUT2D eigenvalue weighted by Gasteiger charge is -2.56. The molecule has 1 aliphatic carbocycles. The molecule has 11 nitrogen and oxygen atoms in total. The first kappa shape index (κ1) is 20.8. The number of amides is 1. The second kappa shape index (κ2) is 7.50. The van der Waals surface area contributed by atoms with Crippen molar-refractivity contribution >= 4 is 5.91 Å². The van der Waals surface area contributed by atoms with Crippen LogP contribution in [0.5, 0.6) is 0 Å². The molecule has 27 heavy (non-hydrogen) atoms. The van der Waals surface area contributed by atoms with Crippen molar-refractivity contribution in [1.29, 1.82) is 0 Å². The number of hydrogen-bond acceptors (Lipinski definition) is 10. The van der Waals surface area contributed by atoms with E-state index < -0.39 is 73.4 Å². The van der Waals surface area contributed by atoms with Crippen LogP contribution < -0.4 is 5.32 Å². The molecule has 2 heterocycles. The van der Waals surface area contributed by atoms with Crippen molar-refractivity contribution in [2.45, 2.75) is 81.1 Å². The fraction of sp³-hybridized carbons (Fsp3) is 0.938. The molecule has 0 spiro atoms. The van der Waals surface area contributed by atoms with Gasteiger partial charge in [0.1, 0.15) is 24.4 Å². The van der Waals surface area contributed by atoms with Crippen molar-refractivity contribution in [3.05, 3.63) is 0 Å². The fourth-order valence-corrected chi connectivity index (χ4v) is 4.11. The largest absolute Gasteiger partial charge is 0.394 e. The molecule has 0 aromatic carbocycles. The molecule has 3 fully saturated rings. The van der Waals surface area contributed by atoms with Gasteiger partial charge in [0, 0.05) is 13.3 Å². The molecule has 1 saturated carbocycles. The van der Waals surface area contributed by atoms with Crippen molar-refractivity contribution < 1.29 is 49.6 Å². The Morgan fingerprint density at radius 3 is 2.41 bits per heavy atom. The molecule has 2 aliphatic heterocycles. The first-order valence-corrected chi connectivity index (χ1v) is 8.90. The zero-order chi connectivity index (χ0) is 20.1. The summed E-state index contributed by atoms with van der Waals surface area (Å²) in [4.78, 5) is 11.4. The molecule has 6 unspecified atom stereocenters. The summed E-state index contributed by atoms with van der Waals surface area (Å²) in [5.74, 6) is -3.61. The first-order valence-electron chi connectivity index (χ1n) is 8.90. The summed E-state index contributed by atoms with van der Waals surface area (Å²) in [6, 6.07) is -0.819. The number of aliphatic hydroxyl groups is 6. The Bertz CT molecular complexity index is 559. The van der Waals surface area contributed by atoms with E-state index in [1.54, 1.807) is 6.92 Å². The van der Waals surface area contributed by atoms with E-state index >= 15 is 0 Å². The molecule has 10 atom stereocenters. The van der Waals surface area contributed by atoms with Crippen molar-refractivity contribution in [1.82, 2.24) is 5.32 Å². The van der Waals surface area contributed by atoms with Gasteiger partial charge in [0.2, 0.25) is 5.91 Å². The van der Waals surface area contributed by atoms with Crippen LogP contribution in [0.2, 0.25) is 0 Å². The molecular weight excluding hydrogens is 366 g/mol. The quantitative estimate of drug-likeness (QED) is 0.234. The summed E-state index contributed by atoms with van der Waals surface area (Å²) in [6.07, 6.45) is -9.45. The van der Waals surface area contributed by atoms with E-state index in [-0.39, 0.29) is 12.3 Å². The van der Waals surface area contributed by atoms with E-state index in [4.69, 9.17) is 14.2 Å². The van der Waals surface area contributed by atoms with E-state index in [0.29, 0.717) is 0 Å². The lowest BCUT2D eigenvalue weighted by molar-refractivity contribution is -0.404. The number of nitrogens with one attached hydrogen (secondary N) is 1. The monoisotopic (exact) mass is 393 g/mol. The number of aliphatic hydroxyl groups excluding tert-OH is 4. The van der Waals surface area contributed by atoms with Crippen molar-refractivity contribution in [3.8, 4) is 0 Å². The van der Waals surface area contributed by atoms with Gasteiger partial charge >= 0.3 is 0 Å². The SMILES string of the molecule is CC(=O)NC1C(O)[C@H](O[C@@H]2OC3CC(O)(O)[C@@H]3C(O)C2O)C(CO)O[C@H]1C. The molecule has 11 heteroatoms. The van der Waals surface area contributed by atoms with Crippen molar-refractivity contribution in [2.24, 2.45) is 5.92 Å². The van der Waals surface area contributed by atoms with Gasteiger partial charge in [-0.15, -0.1) is 0 Å². The Balaban J connectivity index is 1.73. The lowest BCUT2D eigenvalue weighted by atomic mass is 9.69. The fourth-order valence-electron chi connectivity index (χ4n) is 4.11. The highest BCUT2D eigenvalue weighted by Crippen LogP contribution is 2.46. The number of hydrogen-bond donors (Lipinski definition) is 7. The van der Waals surface area contributed by atoms with Gasteiger partial charge < -0.3 is 50.2 Å². The molecule has 2 saturated heterocycles. The predicted octanol–water partition coefficient (Wildman–Crippen LogP) is -3.84. The van der Waals surface area contributed by atoms with Gasteiger partial charge in [-0.2, -0.15) is 0 Å². The van der Waals surface area contributed by atoms with Crippen LogP contribution in [0.1, 0.15) is 20.3 Å². The second-order valence-corrected chi connectivity index (χ2v) is 7.51. The minimum Gasteiger partial charge on any atom is -0.394 e. The Kier molecular flexibility index (Phi) is 5.79. The molecule has 0 aromatic heterocycles. The highest BCUT2D eigenvalue weighted by molar-refractivity contribution is 5.73. The van der Waals surface area contributed by atoms with Crippen LogP contribution in [-0.4, -0.2) is 104 Å². The number of carbonyl (C=O) groups is 1. The zero-order valence-corrected chi connectivity index (χ0v) is 15.0. The summed E-state index contributed by atoms with van der Waals surface area (Å²) in [5.41, 5.74) is 0. The zero-order valence-electron chi connectivity index (χ0n) is 15.0. The maximum absolute atomic E-state index is 11.4. The van der Waals surface area contributed by atoms with Gasteiger partial charge in [-0.05, 0) is 6.92 Å². The van der Waals surface area contributed by atoms with E-state index in [2.05, 4.69) is 5.32 Å². The maximum Gasteiger partial charge on any atom is 0.217 e. The van der Waals surface area contributed by atoms with Crippen molar-refractivity contribution in [3.63, 3.8) is 0 Å². The molecule has 7 N–H and O–H groups in total. The Morgan fingerprint density at radius 1 is 1.19 bits per heavy atom. The normalized spacial score (nSPS) is 49.0. The summed E-state index contributed by atoms with van der Waals surface area (Å²) in [7, 11) is 0. The van der Waals surface area contributed by atoms with E-state index in [9.17, 15) is 35.4 Å². The third-order valence-corrected chi connectivity index (χ3v) is 5.55. The molecule has 3 rings (SSSR count). The van der Waals surface area contributed by atoms with Crippen LogP contribution in [-0.2, 0) is 19.0 Å². The van der Waals surface area contributed by atoms with Crippen LogP contribution in [0.4, 0.5) is 0 Å². The van der Waals surface area contributed by atoms with Crippen LogP contribution in [0.15, 0.2) is 0 Å². The van der Waals surface area contributed by atoms with Gasteiger partial charge in [0.25, 0.3) is 0 Å². The number of fused-ring (bicyclic) bond motifs is 1. The predicted molar refractivity (Wildman–Crippen MR) is 85.9 cm³/mol. The lowest BCUT2D eigenvalue weighted by Crippen LogP contribution is -2.72. The molecular formula is C16H27NO10. The Labute approximate surface area is 155 Å². The molecule has 0 bridgehead atoms. The van der Waals surface area contributed by atoms with Gasteiger partial charge in [-0.1, -0.05) is 0 Å². The average molecular weight is 393 g/mol. The Hall–Kier alpha value is -0.890. The van der Waals surface area contributed by atoms with Gasteiger partial charge in [-0.3, -0.25) is 4.79 Å². The highest BCUT2D eigenvalue weighted by Gasteiger charge is 2.63. The first-order chi connectivity index (χ1) is 12.6. The number of ether oxygens (including phenoxy) is 3. The summed E-state index contributed by atoms with van der Waals surface area (Å²) in [5, 5.41) is 62.6. The molecule has 1 amide bonds. The third-order valence-electron chi connectivity index (χ3n) is 5.55. The van der Waals surface area contributed by atoms with E-state index in [0.717, 1.165) is 0 Å². The van der Waals surface area contributed by atoms with Crippen LogP contribution in [0.25, 0.3) is 0 Å².